The fourth-order valence-corrected chi connectivity index (χ4v) is 2.00. The Hall–Kier alpha value is -1.15. The van der Waals surface area contributed by atoms with Crippen molar-refractivity contribution in [3.63, 3.8) is 0 Å². The third-order valence-corrected chi connectivity index (χ3v) is 3.05. The average molecular weight is 320 g/mol. The van der Waals surface area contributed by atoms with E-state index in [1.165, 1.54) is 27.4 Å². The Morgan fingerprint density at radius 1 is 1.39 bits per heavy atom. The van der Waals surface area contributed by atoms with Crippen molar-refractivity contribution in [1.82, 2.24) is 0 Å². The first-order valence-corrected chi connectivity index (χ1v) is 5.84. The third-order valence-electron chi connectivity index (χ3n) is 2.34. The molecule has 0 bridgehead atoms. The molecule has 6 nitrogen and oxygen atoms in total. The fourth-order valence-electron chi connectivity index (χ4n) is 1.42. The summed E-state index contributed by atoms with van der Waals surface area (Å²) in [5, 5.41) is 11.0. The maximum Gasteiger partial charge on any atom is 0.310 e. The van der Waals surface area contributed by atoms with Gasteiger partial charge in [-0.1, -0.05) is 15.9 Å². The first-order valence-electron chi connectivity index (χ1n) is 5.05. The lowest BCUT2D eigenvalue weighted by Gasteiger charge is -2.19. The summed E-state index contributed by atoms with van der Waals surface area (Å²) in [5.74, 6) is 0.0370. The lowest BCUT2D eigenvalue weighted by atomic mass is 10.1. The fraction of sp³-hybridized carbons (Fsp3) is 0.364. The van der Waals surface area contributed by atoms with E-state index in [0.717, 1.165) is 0 Å². The normalized spacial score (nSPS) is 12.1. The van der Waals surface area contributed by atoms with E-state index in [1.807, 2.05) is 0 Å². The number of methoxy groups -OCH3 is 2. The monoisotopic (exact) mass is 319 g/mol. The van der Waals surface area contributed by atoms with Crippen LogP contribution in [0.3, 0.4) is 0 Å². The van der Waals surface area contributed by atoms with E-state index in [0.29, 0.717) is 21.5 Å². The summed E-state index contributed by atoms with van der Waals surface area (Å²) >= 11 is 3.30. The average Bonchev–Trinajstić information content (AvgIpc) is 2.39. The van der Waals surface area contributed by atoms with Crippen LogP contribution in [0.5, 0.6) is 5.75 Å². The van der Waals surface area contributed by atoms with Gasteiger partial charge < -0.3 is 14.7 Å². The van der Waals surface area contributed by atoms with Crippen LogP contribution in [0.2, 0.25) is 0 Å². The second-order valence-electron chi connectivity index (χ2n) is 3.38. The van der Waals surface area contributed by atoms with Crippen molar-refractivity contribution in [2.75, 3.05) is 21.3 Å². The molecule has 0 saturated carbocycles. The lowest BCUT2D eigenvalue weighted by molar-refractivity contribution is -0.992. The largest absolute Gasteiger partial charge is 0.595 e. The Morgan fingerprint density at radius 3 is 2.56 bits per heavy atom. The molecule has 0 aromatic heterocycles. The van der Waals surface area contributed by atoms with Crippen molar-refractivity contribution in [2.45, 2.75) is 6.42 Å². The molecule has 7 heteroatoms. The molecule has 1 N–H and O–H groups in total. The molecule has 0 fully saturated rings. The summed E-state index contributed by atoms with van der Waals surface area (Å²) in [6, 6.07) is 3.10. The molecule has 0 aliphatic rings. The number of nitrogens with one attached hydrogen (secondary N) is 1. The van der Waals surface area contributed by atoms with Gasteiger partial charge in [0, 0.05) is 22.2 Å². The van der Waals surface area contributed by atoms with E-state index in [9.17, 15) is 10.0 Å². The number of hydrogen-bond acceptors (Lipinski definition) is 5. The van der Waals surface area contributed by atoms with Gasteiger partial charge in [0.15, 0.2) is 5.69 Å². The first-order chi connectivity index (χ1) is 8.53. The summed E-state index contributed by atoms with van der Waals surface area (Å²) in [6.07, 6.45) is 0.0573. The Morgan fingerprint density at radius 2 is 2.06 bits per heavy atom. The molecule has 0 heterocycles. The maximum atomic E-state index is 11.4. The van der Waals surface area contributed by atoms with Gasteiger partial charge in [0.25, 0.3) is 0 Å². The Labute approximate surface area is 113 Å². The number of rotatable bonds is 5. The van der Waals surface area contributed by atoms with Gasteiger partial charge >= 0.3 is 5.97 Å². The number of benzene rings is 1. The molecule has 0 amide bonds. The molecule has 0 saturated heterocycles. The van der Waals surface area contributed by atoms with Crippen molar-refractivity contribution >= 4 is 27.6 Å². The highest BCUT2D eigenvalue weighted by atomic mass is 79.9. The summed E-state index contributed by atoms with van der Waals surface area (Å²) in [5.41, 5.74) is 0.965. The minimum atomic E-state index is -0.474. The quantitative estimate of drug-likeness (QED) is 0.640. The van der Waals surface area contributed by atoms with Gasteiger partial charge in [-0.15, -0.1) is 0 Å². The van der Waals surface area contributed by atoms with Gasteiger partial charge in [-0.2, -0.15) is 5.23 Å². The number of quaternary nitrogens is 1. The van der Waals surface area contributed by atoms with Crippen LogP contribution in [-0.2, 0) is 20.8 Å². The van der Waals surface area contributed by atoms with E-state index in [1.54, 1.807) is 6.07 Å². The van der Waals surface area contributed by atoms with Crippen LogP contribution in [0.25, 0.3) is 0 Å². The zero-order valence-corrected chi connectivity index (χ0v) is 11.9. The second-order valence-corrected chi connectivity index (χ2v) is 4.24. The molecule has 0 spiro atoms. The van der Waals surface area contributed by atoms with E-state index in [2.05, 4.69) is 25.5 Å². The van der Waals surface area contributed by atoms with Crippen LogP contribution in [0.4, 0.5) is 5.69 Å². The van der Waals surface area contributed by atoms with Gasteiger partial charge in [-0.05, 0) is 0 Å². The van der Waals surface area contributed by atoms with Gasteiger partial charge in [-0.25, -0.2) is 4.84 Å². The van der Waals surface area contributed by atoms with E-state index < -0.39 is 5.23 Å². The molecule has 1 atom stereocenters. The number of halogens is 1. The summed E-state index contributed by atoms with van der Waals surface area (Å²) in [6.45, 7) is 0. The van der Waals surface area contributed by atoms with Crippen molar-refractivity contribution in [1.29, 1.82) is 0 Å². The third kappa shape index (κ3) is 3.42. The Kier molecular flexibility index (Phi) is 5.54. The number of carbonyl (C=O) groups excluding carboxylic acids is 1. The molecular formula is C11H14BrNO5. The standard InChI is InChI=1S/C11H14BrNO5/c1-16-10-5-7(13(15)18-3)4-9(12)8(10)6-11(14)17-2/h4-5,13H,6H2,1-3H3. The molecule has 0 aliphatic carbocycles. The zero-order valence-electron chi connectivity index (χ0n) is 10.3. The highest BCUT2D eigenvalue weighted by Gasteiger charge is 2.17. The van der Waals surface area contributed by atoms with Crippen molar-refractivity contribution < 1.29 is 24.3 Å². The van der Waals surface area contributed by atoms with E-state index in [-0.39, 0.29) is 12.4 Å². The van der Waals surface area contributed by atoms with Gasteiger partial charge in [0.2, 0.25) is 0 Å². The summed E-state index contributed by atoms with van der Waals surface area (Å²) < 4.78 is 10.4. The van der Waals surface area contributed by atoms with Crippen LogP contribution in [-0.4, -0.2) is 27.3 Å². The van der Waals surface area contributed by atoms with Crippen LogP contribution in [0.15, 0.2) is 16.6 Å². The highest BCUT2D eigenvalue weighted by Crippen LogP contribution is 2.30. The van der Waals surface area contributed by atoms with Crippen molar-refractivity contribution in [2.24, 2.45) is 0 Å². The van der Waals surface area contributed by atoms with E-state index in [4.69, 9.17) is 4.74 Å². The lowest BCUT2D eigenvalue weighted by Crippen LogP contribution is -3.00. The van der Waals surface area contributed by atoms with Crippen LogP contribution in [0, 0.1) is 5.21 Å². The smallest absolute Gasteiger partial charge is 0.310 e. The number of carbonyl (C=O) groups is 1. The topological polar surface area (TPSA) is 72.3 Å². The van der Waals surface area contributed by atoms with Gasteiger partial charge in [-0.3, -0.25) is 4.79 Å². The van der Waals surface area contributed by atoms with Crippen LogP contribution >= 0.6 is 15.9 Å². The summed E-state index contributed by atoms with van der Waals surface area (Å²) in [4.78, 5) is 15.9. The van der Waals surface area contributed by atoms with Gasteiger partial charge in [0.1, 0.15) is 5.75 Å². The first kappa shape index (κ1) is 14.9. The molecule has 0 aliphatic heterocycles. The van der Waals surface area contributed by atoms with Crippen molar-refractivity contribution in [3.05, 3.63) is 27.4 Å². The SMILES string of the molecule is COC(=O)Cc1c(Br)cc([NH+]([O-])OC)cc1OC. The molecule has 1 aromatic carbocycles. The van der Waals surface area contributed by atoms with Gasteiger partial charge in [0.05, 0.1) is 27.8 Å². The predicted molar refractivity (Wildman–Crippen MR) is 67.4 cm³/mol. The number of ether oxygens (including phenoxy) is 2. The Bertz CT molecular complexity index is 438. The second kappa shape index (κ2) is 6.69. The number of hydrogen-bond donors (Lipinski definition) is 1. The van der Waals surface area contributed by atoms with Crippen molar-refractivity contribution in [3.8, 4) is 5.75 Å². The van der Waals surface area contributed by atoms with Crippen LogP contribution < -0.4 is 9.96 Å². The zero-order chi connectivity index (χ0) is 13.7. The van der Waals surface area contributed by atoms with E-state index >= 15 is 0 Å². The highest BCUT2D eigenvalue weighted by molar-refractivity contribution is 9.10. The molecular weight excluding hydrogens is 306 g/mol. The van der Waals surface area contributed by atoms with Crippen LogP contribution in [0.1, 0.15) is 5.56 Å². The Balaban J connectivity index is 3.15. The molecule has 1 unspecified atom stereocenters. The summed E-state index contributed by atoms with van der Waals surface area (Å²) in [7, 11) is 4.07. The molecule has 1 rings (SSSR count). The molecule has 0 radical (unpaired) electrons. The molecule has 18 heavy (non-hydrogen) atoms. The minimum Gasteiger partial charge on any atom is -0.595 e. The number of esters is 1. The minimum absolute atomic E-state index is 0.0573. The predicted octanol–water partition coefficient (Wildman–Crippen LogP) is 0.749. The molecule has 100 valence electrons. The molecule has 1 aromatic rings. The maximum absolute atomic E-state index is 11.4.